The van der Waals surface area contributed by atoms with Crippen molar-refractivity contribution in [3.05, 3.63) is 59.7 Å². The average molecular weight is 369 g/mol. The molecule has 2 aromatic rings. The fourth-order valence-corrected chi connectivity index (χ4v) is 2.66. The third kappa shape index (κ3) is 5.00. The zero-order valence-corrected chi connectivity index (χ0v) is 15.4. The van der Waals surface area contributed by atoms with E-state index < -0.39 is 5.97 Å². The van der Waals surface area contributed by atoms with Gasteiger partial charge in [-0.25, -0.2) is 4.79 Å². The van der Waals surface area contributed by atoms with Gasteiger partial charge in [-0.2, -0.15) is 0 Å². The molecule has 0 saturated carbocycles. The van der Waals surface area contributed by atoms with E-state index >= 15 is 0 Å². The summed E-state index contributed by atoms with van der Waals surface area (Å²) in [6, 6.07) is 14.6. The van der Waals surface area contributed by atoms with Crippen molar-refractivity contribution in [2.45, 2.75) is 25.9 Å². The Kier molecular flexibility index (Phi) is 5.96. The minimum Gasteiger partial charge on any atom is -0.486 e. The van der Waals surface area contributed by atoms with E-state index in [2.05, 4.69) is 19.2 Å². The van der Waals surface area contributed by atoms with Crippen LogP contribution in [0.25, 0.3) is 0 Å². The smallest absolute Gasteiger partial charge is 0.338 e. The van der Waals surface area contributed by atoms with Gasteiger partial charge in [-0.1, -0.05) is 38.1 Å². The van der Waals surface area contributed by atoms with Crippen molar-refractivity contribution in [3.63, 3.8) is 0 Å². The van der Waals surface area contributed by atoms with Gasteiger partial charge in [0.15, 0.2) is 18.1 Å². The van der Waals surface area contributed by atoms with E-state index in [0.29, 0.717) is 29.6 Å². The molecule has 0 aliphatic carbocycles. The Labute approximate surface area is 158 Å². The third-order valence-corrected chi connectivity index (χ3v) is 4.24. The van der Waals surface area contributed by atoms with Crippen molar-refractivity contribution in [2.75, 3.05) is 19.8 Å². The summed E-state index contributed by atoms with van der Waals surface area (Å²) in [6.45, 7) is 4.44. The number of hydrogen-bond acceptors (Lipinski definition) is 5. The number of benzene rings is 2. The number of hydrogen-bond donors (Lipinski definition) is 1. The van der Waals surface area contributed by atoms with Crippen LogP contribution in [-0.4, -0.2) is 37.7 Å². The molecule has 3 rings (SSSR count). The molecule has 1 aliphatic heterocycles. The molecule has 1 heterocycles. The molecule has 0 unspecified atom stereocenters. The fourth-order valence-electron chi connectivity index (χ4n) is 2.66. The van der Waals surface area contributed by atoms with Gasteiger partial charge in [-0.05, 0) is 35.7 Å². The Morgan fingerprint density at radius 1 is 1.11 bits per heavy atom. The zero-order chi connectivity index (χ0) is 19.2. The van der Waals surface area contributed by atoms with Crippen LogP contribution in [0.5, 0.6) is 11.5 Å². The standard InChI is InChI=1S/C21H23NO5/c1-14(2)15-7-9-16(10-8-15)21(24)26-13-20(23)22-11-17-12-25-18-5-3-4-6-19(18)27-17/h3-10,14,17H,11-13H2,1-2H3,(H,22,23)/t17-/m0/s1. The van der Waals surface area contributed by atoms with Crippen molar-refractivity contribution < 1.29 is 23.8 Å². The molecule has 0 spiro atoms. The number of nitrogens with one attached hydrogen (secondary N) is 1. The van der Waals surface area contributed by atoms with Gasteiger partial charge in [-0.3, -0.25) is 4.79 Å². The largest absolute Gasteiger partial charge is 0.486 e. The van der Waals surface area contributed by atoms with Crippen LogP contribution >= 0.6 is 0 Å². The maximum Gasteiger partial charge on any atom is 0.338 e. The Morgan fingerprint density at radius 2 is 1.81 bits per heavy atom. The molecule has 1 aliphatic rings. The minimum absolute atomic E-state index is 0.272. The summed E-state index contributed by atoms with van der Waals surface area (Å²) in [5.74, 6) is 0.826. The van der Waals surface area contributed by atoms with Crippen molar-refractivity contribution in [3.8, 4) is 11.5 Å². The molecule has 6 nitrogen and oxygen atoms in total. The van der Waals surface area contributed by atoms with Crippen molar-refractivity contribution in [1.29, 1.82) is 0 Å². The van der Waals surface area contributed by atoms with Crippen LogP contribution < -0.4 is 14.8 Å². The van der Waals surface area contributed by atoms with Crippen LogP contribution in [-0.2, 0) is 9.53 Å². The maximum atomic E-state index is 12.0. The molecule has 27 heavy (non-hydrogen) atoms. The summed E-state index contributed by atoms with van der Waals surface area (Å²) in [6.07, 6.45) is -0.289. The average Bonchev–Trinajstić information content (AvgIpc) is 2.70. The topological polar surface area (TPSA) is 73.9 Å². The van der Waals surface area contributed by atoms with Gasteiger partial charge >= 0.3 is 5.97 Å². The van der Waals surface area contributed by atoms with E-state index in [0.717, 1.165) is 5.56 Å². The molecule has 1 N–H and O–H groups in total. The van der Waals surface area contributed by atoms with Crippen LogP contribution in [0.2, 0.25) is 0 Å². The van der Waals surface area contributed by atoms with Gasteiger partial charge < -0.3 is 19.5 Å². The lowest BCUT2D eigenvalue weighted by Crippen LogP contribution is -2.42. The molecule has 0 aromatic heterocycles. The highest BCUT2D eigenvalue weighted by Crippen LogP contribution is 2.30. The first-order chi connectivity index (χ1) is 13.0. The van der Waals surface area contributed by atoms with Gasteiger partial charge in [0.1, 0.15) is 12.7 Å². The molecule has 0 bridgehead atoms. The van der Waals surface area contributed by atoms with E-state index in [1.165, 1.54) is 0 Å². The van der Waals surface area contributed by atoms with Crippen molar-refractivity contribution in [2.24, 2.45) is 0 Å². The van der Waals surface area contributed by atoms with Gasteiger partial charge in [0.05, 0.1) is 12.1 Å². The SMILES string of the molecule is CC(C)c1ccc(C(=O)OCC(=O)NC[C@H]2COc3ccccc3O2)cc1. The lowest BCUT2D eigenvalue weighted by molar-refractivity contribution is -0.124. The molecule has 2 aromatic carbocycles. The number of para-hydroxylation sites is 2. The minimum atomic E-state index is -0.522. The maximum absolute atomic E-state index is 12.0. The Morgan fingerprint density at radius 3 is 2.52 bits per heavy atom. The summed E-state index contributed by atoms with van der Waals surface area (Å²) in [7, 11) is 0. The molecular formula is C21H23NO5. The summed E-state index contributed by atoms with van der Waals surface area (Å²) < 4.78 is 16.4. The normalized spacial score (nSPS) is 15.3. The van der Waals surface area contributed by atoms with E-state index in [9.17, 15) is 9.59 Å². The highest BCUT2D eigenvalue weighted by molar-refractivity contribution is 5.91. The number of fused-ring (bicyclic) bond motifs is 1. The predicted octanol–water partition coefficient (Wildman–Crippen LogP) is 2.92. The second-order valence-corrected chi connectivity index (χ2v) is 6.65. The number of carbonyl (C=O) groups is 2. The van der Waals surface area contributed by atoms with Crippen LogP contribution in [0.15, 0.2) is 48.5 Å². The molecule has 0 fully saturated rings. The van der Waals surface area contributed by atoms with Crippen LogP contribution in [0.3, 0.4) is 0 Å². The predicted molar refractivity (Wildman–Crippen MR) is 100 cm³/mol. The lowest BCUT2D eigenvalue weighted by Gasteiger charge is -2.26. The van der Waals surface area contributed by atoms with Crippen LogP contribution in [0.4, 0.5) is 0 Å². The first-order valence-electron chi connectivity index (χ1n) is 8.95. The van der Waals surface area contributed by atoms with E-state index in [4.69, 9.17) is 14.2 Å². The first kappa shape index (κ1) is 18.8. The lowest BCUT2D eigenvalue weighted by atomic mass is 10.0. The van der Waals surface area contributed by atoms with Gasteiger partial charge in [0.2, 0.25) is 0 Å². The van der Waals surface area contributed by atoms with E-state index in [1.807, 2.05) is 36.4 Å². The van der Waals surface area contributed by atoms with E-state index in [1.54, 1.807) is 12.1 Å². The number of esters is 1. The summed E-state index contributed by atoms with van der Waals surface area (Å²) in [4.78, 5) is 24.0. The molecule has 142 valence electrons. The fraction of sp³-hybridized carbons (Fsp3) is 0.333. The van der Waals surface area contributed by atoms with Gasteiger partial charge in [-0.15, -0.1) is 0 Å². The Balaban J connectivity index is 1.41. The Bertz CT molecular complexity index is 800. The van der Waals surface area contributed by atoms with Gasteiger partial charge in [0.25, 0.3) is 5.91 Å². The highest BCUT2D eigenvalue weighted by Gasteiger charge is 2.21. The zero-order valence-electron chi connectivity index (χ0n) is 15.4. The summed E-state index contributed by atoms with van der Waals surface area (Å²) in [5.41, 5.74) is 1.56. The molecule has 0 saturated heterocycles. The highest BCUT2D eigenvalue weighted by atomic mass is 16.6. The number of carbonyl (C=O) groups excluding carboxylic acids is 2. The number of rotatable bonds is 6. The molecule has 6 heteroatoms. The van der Waals surface area contributed by atoms with Crippen LogP contribution in [0.1, 0.15) is 35.7 Å². The number of amides is 1. The van der Waals surface area contributed by atoms with Crippen molar-refractivity contribution in [1.82, 2.24) is 5.32 Å². The first-order valence-corrected chi connectivity index (χ1v) is 8.95. The number of ether oxygens (including phenoxy) is 3. The molecule has 1 atom stereocenters. The third-order valence-electron chi connectivity index (χ3n) is 4.24. The monoisotopic (exact) mass is 369 g/mol. The molecule has 1 amide bonds. The second kappa shape index (κ2) is 8.58. The quantitative estimate of drug-likeness (QED) is 0.793. The van der Waals surface area contributed by atoms with Gasteiger partial charge in [0, 0.05) is 0 Å². The van der Waals surface area contributed by atoms with Crippen molar-refractivity contribution >= 4 is 11.9 Å². The van der Waals surface area contributed by atoms with Crippen LogP contribution in [0, 0.1) is 0 Å². The molecular weight excluding hydrogens is 346 g/mol. The Hall–Kier alpha value is -3.02. The summed E-state index contributed by atoms with van der Waals surface area (Å²) in [5, 5.41) is 2.69. The molecule has 0 radical (unpaired) electrons. The van der Waals surface area contributed by atoms with E-state index in [-0.39, 0.29) is 25.2 Å². The second-order valence-electron chi connectivity index (χ2n) is 6.65. The summed E-state index contributed by atoms with van der Waals surface area (Å²) >= 11 is 0.